The summed E-state index contributed by atoms with van der Waals surface area (Å²) in [5, 5.41) is 23.2. The van der Waals surface area contributed by atoms with Gasteiger partial charge in [0.25, 0.3) is 0 Å². The molecule has 0 unspecified atom stereocenters. The van der Waals surface area contributed by atoms with Crippen molar-refractivity contribution in [1.82, 2.24) is 25.1 Å². The van der Waals surface area contributed by atoms with Crippen molar-refractivity contribution >= 4 is 34.1 Å². The standard InChI is InChI=1S/C27H30FN7O4/c1-38-21-13-22-26(23(14-21)39-9-8-35-7-3-6-20(35)15-36)27(30-16-29-22)32-24-11-19(33-34-24)12-25(37)31-18-5-2-4-17(28)10-18/h2,4-5,10-11,13-14,16,20,36H,3,6-9,12,15H2,1H3,(H,31,37)(H2,29,30,32,33,34)/t20-/m0/s1. The zero-order valence-corrected chi connectivity index (χ0v) is 21.5. The van der Waals surface area contributed by atoms with E-state index in [-0.39, 0.29) is 25.0 Å². The number of hydrogen-bond donors (Lipinski definition) is 4. The SMILES string of the molecule is COc1cc(OCCN2CCC[C@H]2CO)c2c(Nc3cc(CC(=O)Nc4cccc(F)c4)[nH]n3)ncnc2c1. The molecular formula is C27H30FN7O4. The predicted octanol–water partition coefficient (Wildman–Crippen LogP) is 3.26. The summed E-state index contributed by atoms with van der Waals surface area (Å²) in [5.74, 6) is 1.35. The number of methoxy groups -OCH3 is 1. The molecule has 2 aromatic carbocycles. The zero-order chi connectivity index (χ0) is 27.2. The summed E-state index contributed by atoms with van der Waals surface area (Å²) in [6, 6.07) is 11.2. The molecule has 3 heterocycles. The number of ether oxygens (including phenoxy) is 2. The van der Waals surface area contributed by atoms with E-state index in [2.05, 4.69) is 35.7 Å². The van der Waals surface area contributed by atoms with Gasteiger partial charge in [-0.1, -0.05) is 6.07 Å². The fraction of sp³-hybridized carbons (Fsp3) is 0.333. The number of nitrogens with zero attached hydrogens (tertiary/aromatic N) is 4. The van der Waals surface area contributed by atoms with Crippen LogP contribution in [0.1, 0.15) is 18.5 Å². The highest BCUT2D eigenvalue weighted by Crippen LogP contribution is 2.35. The minimum Gasteiger partial charge on any atom is -0.497 e. The van der Waals surface area contributed by atoms with E-state index in [1.807, 2.05) is 0 Å². The molecule has 0 aliphatic carbocycles. The lowest BCUT2D eigenvalue weighted by Gasteiger charge is -2.22. The van der Waals surface area contributed by atoms with Gasteiger partial charge < -0.3 is 25.2 Å². The van der Waals surface area contributed by atoms with E-state index in [4.69, 9.17) is 9.47 Å². The average Bonchev–Trinajstić information content (AvgIpc) is 3.57. The Hall–Kier alpha value is -4.29. The topological polar surface area (TPSA) is 138 Å². The van der Waals surface area contributed by atoms with Crippen LogP contribution in [-0.4, -0.2) is 75.5 Å². The summed E-state index contributed by atoms with van der Waals surface area (Å²) < 4.78 is 25.0. The summed E-state index contributed by atoms with van der Waals surface area (Å²) in [6.07, 6.45) is 3.50. The van der Waals surface area contributed by atoms with E-state index in [1.165, 1.54) is 24.5 Å². The Labute approximate surface area is 224 Å². The van der Waals surface area contributed by atoms with Crippen molar-refractivity contribution in [2.75, 3.05) is 44.0 Å². The molecule has 0 bridgehead atoms. The molecule has 1 aliphatic heterocycles. The molecule has 5 rings (SSSR count). The maximum absolute atomic E-state index is 13.4. The van der Waals surface area contributed by atoms with Crippen molar-refractivity contribution in [2.24, 2.45) is 0 Å². The molecule has 1 fully saturated rings. The van der Waals surface area contributed by atoms with Crippen molar-refractivity contribution in [2.45, 2.75) is 25.3 Å². The molecule has 204 valence electrons. The molecular weight excluding hydrogens is 505 g/mol. The average molecular weight is 536 g/mol. The lowest BCUT2D eigenvalue weighted by atomic mass is 10.2. The van der Waals surface area contributed by atoms with Gasteiger partial charge in [-0.2, -0.15) is 5.10 Å². The number of fused-ring (bicyclic) bond motifs is 1. The van der Waals surface area contributed by atoms with Crippen molar-refractivity contribution < 1.29 is 23.8 Å². The quantitative estimate of drug-likeness (QED) is 0.228. The van der Waals surface area contributed by atoms with Gasteiger partial charge in [0, 0.05) is 42.2 Å². The van der Waals surface area contributed by atoms with Gasteiger partial charge in [-0.05, 0) is 37.6 Å². The number of aliphatic hydroxyl groups excluding tert-OH is 1. The highest BCUT2D eigenvalue weighted by molar-refractivity contribution is 5.96. The molecule has 39 heavy (non-hydrogen) atoms. The molecule has 4 N–H and O–H groups in total. The molecule has 0 radical (unpaired) electrons. The normalized spacial score (nSPS) is 15.4. The van der Waals surface area contributed by atoms with Crippen molar-refractivity contribution in [3.05, 3.63) is 60.3 Å². The molecule has 4 aromatic rings. The van der Waals surface area contributed by atoms with E-state index in [0.717, 1.165) is 19.4 Å². The molecule has 1 aliphatic rings. The number of H-pyrrole nitrogens is 1. The highest BCUT2D eigenvalue weighted by atomic mass is 19.1. The number of likely N-dealkylation sites (tertiary alicyclic amines) is 1. The Bertz CT molecular complexity index is 1450. The van der Waals surface area contributed by atoms with Crippen LogP contribution in [-0.2, 0) is 11.2 Å². The second kappa shape index (κ2) is 12.0. The number of carbonyl (C=O) groups is 1. The fourth-order valence-electron chi connectivity index (χ4n) is 4.71. The summed E-state index contributed by atoms with van der Waals surface area (Å²) in [7, 11) is 1.58. The molecule has 0 saturated carbocycles. The highest BCUT2D eigenvalue weighted by Gasteiger charge is 2.23. The van der Waals surface area contributed by atoms with Gasteiger partial charge in [0.05, 0.1) is 31.0 Å². The minimum atomic E-state index is -0.427. The van der Waals surface area contributed by atoms with E-state index in [1.54, 1.807) is 31.4 Å². The van der Waals surface area contributed by atoms with Gasteiger partial charge >= 0.3 is 0 Å². The molecule has 2 aromatic heterocycles. The smallest absolute Gasteiger partial charge is 0.230 e. The first-order valence-electron chi connectivity index (χ1n) is 12.7. The maximum Gasteiger partial charge on any atom is 0.230 e. The first kappa shape index (κ1) is 26.3. The molecule has 12 heteroatoms. The van der Waals surface area contributed by atoms with E-state index >= 15 is 0 Å². The number of nitrogens with one attached hydrogen (secondary N) is 3. The molecule has 0 spiro atoms. The third-order valence-electron chi connectivity index (χ3n) is 6.59. The lowest BCUT2D eigenvalue weighted by Crippen LogP contribution is -2.35. The summed E-state index contributed by atoms with van der Waals surface area (Å²) in [5.41, 5.74) is 1.57. The van der Waals surface area contributed by atoms with E-state index < -0.39 is 5.82 Å². The summed E-state index contributed by atoms with van der Waals surface area (Å²) >= 11 is 0. The molecule has 1 atom stereocenters. The second-order valence-electron chi connectivity index (χ2n) is 9.24. The van der Waals surface area contributed by atoms with Crippen molar-refractivity contribution in [3.8, 4) is 11.5 Å². The van der Waals surface area contributed by atoms with Crippen LogP contribution in [0.3, 0.4) is 0 Å². The van der Waals surface area contributed by atoms with Crippen molar-refractivity contribution in [3.63, 3.8) is 0 Å². The number of benzene rings is 2. The van der Waals surface area contributed by atoms with Crippen LogP contribution < -0.4 is 20.1 Å². The predicted molar refractivity (Wildman–Crippen MR) is 144 cm³/mol. The van der Waals surface area contributed by atoms with Crippen LogP contribution in [0.25, 0.3) is 10.9 Å². The third kappa shape index (κ3) is 6.41. The maximum atomic E-state index is 13.4. The Morgan fingerprint density at radius 2 is 2.15 bits per heavy atom. The van der Waals surface area contributed by atoms with E-state index in [9.17, 15) is 14.3 Å². The largest absolute Gasteiger partial charge is 0.497 e. The van der Waals surface area contributed by atoms with Crippen LogP contribution in [0, 0.1) is 5.82 Å². The van der Waals surface area contributed by atoms with Gasteiger partial charge in [-0.15, -0.1) is 0 Å². The van der Waals surface area contributed by atoms with Gasteiger partial charge in [0.15, 0.2) is 5.82 Å². The Morgan fingerprint density at radius 1 is 1.26 bits per heavy atom. The molecule has 1 saturated heterocycles. The first-order valence-corrected chi connectivity index (χ1v) is 12.7. The lowest BCUT2D eigenvalue weighted by molar-refractivity contribution is -0.115. The molecule has 11 nitrogen and oxygen atoms in total. The first-order chi connectivity index (χ1) is 19.0. The van der Waals surface area contributed by atoms with Gasteiger partial charge in [0.2, 0.25) is 5.91 Å². The van der Waals surface area contributed by atoms with Crippen LogP contribution in [0.2, 0.25) is 0 Å². The van der Waals surface area contributed by atoms with Crippen LogP contribution in [0.5, 0.6) is 11.5 Å². The number of carbonyl (C=O) groups excluding carboxylic acids is 1. The fourth-order valence-corrected chi connectivity index (χ4v) is 4.71. The van der Waals surface area contributed by atoms with Crippen LogP contribution in [0.4, 0.5) is 21.7 Å². The second-order valence-corrected chi connectivity index (χ2v) is 9.24. The van der Waals surface area contributed by atoms with Crippen LogP contribution in [0.15, 0.2) is 48.8 Å². The summed E-state index contributed by atoms with van der Waals surface area (Å²) in [6.45, 7) is 2.17. The van der Waals surface area contributed by atoms with E-state index in [0.29, 0.717) is 58.6 Å². The van der Waals surface area contributed by atoms with Gasteiger partial charge in [0.1, 0.15) is 36.1 Å². The number of halogens is 1. The third-order valence-corrected chi connectivity index (χ3v) is 6.59. The van der Waals surface area contributed by atoms with Crippen molar-refractivity contribution in [1.29, 1.82) is 0 Å². The number of anilines is 3. The number of aromatic amines is 1. The minimum absolute atomic E-state index is 0.0204. The monoisotopic (exact) mass is 535 g/mol. The van der Waals surface area contributed by atoms with Gasteiger partial charge in [-0.25, -0.2) is 14.4 Å². The number of aromatic nitrogens is 4. The number of hydrogen-bond acceptors (Lipinski definition) is 9. The molecule has 1 amide bonds. The zero-order valence-electron chi connectivity index (χ0n) is 21.5. The summed E-state index contributed by atoms with van der Waals surface area (Å²) in [4.78, 5) is 23.4. The number of rotatable bonds is 11. The van der Waals surface area contributed by atoms with Crippen LogP contribution >= 0.6 is 0 Å². The number of amides is 1. The Kier molecular flexibility index (Phi) is 8.13. The Morgan fingerprint density at radius 3 is 2.97 bits per heavy atom. The Balaban J connectivity index is 1.30. The number of aliphatic hydroxyl groups is 1. The van der Waals surface area contributed by atoms with Gasteiger partial charge in [-0.3, -0.25) is 14.8 Å².